The second-order valence-corrected chi connectivity index (χ2v) is 8.70. The normalized spacial score (nSPS) is 18.4. The zero-order chi connectivity index (χ0) is 21.2. The maximum atomic E-state index is 5.52. The minimum atomic E-state index is 0.315. The molecule has 0 bridgehead atoms. The van der Waals surface area contributed by atoms with Crippen LogP contribution in [0.3, 0.4) is 0 Å². The van der Waals surface area contributed by atoms with Crippen molar-refractivity contribution in [2.45, 2.75) is 25.9 Å². The third-order valence-corrected chi connectivity index (χ3v) is 6.63. The molecule has 7 nitrogen and oxygen atoms in total. The van der Waals surface area contributed by atoms with Crippen LogP contribution in [0.15, 0.2) is 42.5 Å². The van der Waals surface area contributed by atoms with E-state index in [9.17, 15) is 0 Å². The smallest absolute Gasteiger partial charge is 0.231 e. The fourth-order valence-corrected chi connectivity index (χ4v) is 4.81. The average molecular weight is 439 g/mol. The first kappa shape index (κ1) is 20.1. The number of nitrogens with zero attached hydrogens (tertiary/aromatic N) is 4. The van der Waals surface area contributed by atoms with Crippen LogP contribution in [0.25, 0.3) is 0 Å². The standard InChI is InChI=1S/C23H26N4O3S/c1-16-13-27(9-8-26(16)14-18-6-7-20-21(11-18)30-15-29-20)23-24-22(25-31-23)12-17-4-3-5-19(10-17)28-2/h3-7,10-11,16H,8-9,12-15H2,1-2H3. The van der Waals surface area contributed by atoms with E-state index in [1.807, 2.05) is 24.3 Å². The Kier molecular flexibility index (Phi) is 5.65. The second-order valence-electron chi connectivity index (χ2n) is 7.97. The van der Waals surface area contributed by atoms with Crippen LogP contribution in [0.2, 0.25) is 0 Å². The van der Waals surface area contributed by atoms with Crippen LogP contribution in [0.4, 0.5) is 5.13 Å². The van der Waals surface area contributed by atoms with Gasteiger partial charge in [0.1, 0.15) is 11.6 Å². The summed E-state index contributed by atoms with van der Waals surface area (Å²) in [6.45, 7) is 6.37. The molecule has 8 heteroatoms. The molecular formula is C23H26N4O3S. The van der Waals surface area contributed by atoms with Gasteiger partial charge in [-0.3, -0.25) is 4.90 Å². The fourth-order valence-electron chi connectivity index (χ4n) is 4.09. The van der Waals surface area contributed by atoms with Crippen molar-refractivity contribution in [3.8, 4) is 17.2 Å². The first-order chi connectivity index (χ1) is 15.2. The molecule has 3 heterocycles. The van der Waals surface area contributed by atoms with Crippen LogP contribution in [0.1, 0.15) is 23.9 Å². The summed E-state index contributed by atoms with van der Waals surface area (Å²) in [6, 6.07) is 14.7. The SMILES string of the molecule is COc1cccc(Cc2nsc(N3CCN(Cc4ccc5c(c4)OCO5)C(C)C3)n2)c1. The molecule has 2 aliphatic heterocycles. The number of benzene rings is 2. The predicted molar refractivity (Wildman–Crippen MR) is 120 cm³/mol. The fraction of sp³-hybridized carbons (Fsp3) is 0.391. The lowest BCUT2D eigenvalue weighted by atomic mass is 10.1. The lowest BCUT2D eigenvalue weighted by molar-refractivity contribution is 0.173. The van der Waals surface area contributed by atoms with Crippen molar-refractivity contribution in [1.29, 1.82) is 0 Å². The van der Waals surface area contributed by atoms with E-state index >= 15 is 0 Å². The Balaban J connectivity index is 1.20. The molecule has 1 atom stereocenters. The molecule has 2 aromatic carbocycles. The molecule has 0 amide bonds. The van der Waals surface area contributed by atoms with E-state index in [0.717, 1.165) is 59.9 Å². The molecule has 1 saturated heterocycles. The predicted octanol–water partition coefficient (Wildman–Crippen LogP) is 3.58. The van der Waals surface area contributed by atoms with Crippen LogP contribution >= 0.6 is 11.5 Å². The van der Waals surface area contributed by atoms with Gasteiger partial charge in [-0.05, 0) is 42.3 Å². The first-order valence-corrected chi connectivity index (χ1v) is 11.3. The summed E-state index contributed by atoms with van der Waals surface area (Å²) in [4.78, 5) is 9.67. The van der Waals surface area contributed by atoms with Crippen LogP contribution in [-0.2, 0) is 13.0 Å². The van der Waals surface area contributed by atoms with Crippen molar-refractivity contribution in [1.82, 2.24) is 14.3 Å². The maximum absolute atomic E-state index is 5.52. The average Bonchev–Trinajstić information content (AvgIpc) is 3.44. The van der Waals surface area contributed by atoms with Gasteiger partial charge in [0.15, 0.2) is 11.5 Å². The highest BCUT2D eigenvalue weighted by Gasteiger charge is 2.26. The summed E-state index contributed by atoms with van der Waals surface area (Å²) in [5.74, 6) is 3.41. The van der Waals surface area contributed by atoms with Crippen molar-refractivity contribution in [3.63, 3.8) is 0 Å². The lowest BCUT2D eigenvalue weighted by Gasteiger charge is -2.39. The van der Waals surface area contributed by atoms with Gasteiger partial charge in [0, 0.05) is 50.2 Å². The highest BCUT2D eigenvalue weighted by Crippen LogP contribution is 2.33. The molecule has 0 N–H and O–H groups in total. The Morgan fingerprint density at radius 1 is 1.10 bits per heavy atom. The van der Waals surface area contributed by atoms with Crippen molar-refractivity contribution in [2.24, 2.45) is 0 Å². The number of methoxy groups -OCH3 is 1. The van der Waals surface area contributed by atoms with Crippen molar-refractivity contribution < 1.29 is 14.2 Å². The number of fused-ring (bicyclic) bond motifs is 1. The Labute approximate surface area is 186 Å². The van der Waals surface area contributed by atoms with Gasteiger partial charge in [-0.1, -0.05) is 18.2 Å². The summed E-state index contributed by atoms with van der Waals surface area (Å²) >= 11 is 1.49. The molecule has 1 aromatic heterocycles. The van der Waals surface area contributed by atoms with Crippen LogP contribution in [0.5, 0.6) is 17.2 Å². The van der Waals surface area contributed by atoms with Gasteiger partial charge in [0.2, 0.25) is 11.9 Å². The number of hydrogen-bond acceptors (Lipinski definition) is 8. The molecule has 0 aliphatic carbocycles. The van der Waals surface area contributed by atoms with Gasteiger partial charge in [-0.2, -0.15) is 4.37 Å². The number of aromatic nitrogens is 2. The minimum absolute atomic E-state index is 0.315. The highest BCUT2D eigenvalue weighted by molar-refractivity contribution is 7.09. The molecule has 1 unspecified atom stereocenters. The highest BCUT2D eigenvalue weighted by atomic mass is 32.1. The largest absolute Gasteiger partial charge is 0.497 e. The zero-order valence-corrected chi connectivity index (χ0v) is 18.6. The van der Waals surface area contributed by atoms with E-state index in [2.05, 4.69) is 39.3 Å². The minimum Gasteiger partial charge on any atom is -0.497 e. The van der Waals surface area contributed by atoms with E-state index in [1.165, 1.54) is 17.1 Å². The number of ether oxygens (including phenoxy) is 3. The second kappa shape index (κ2) is 8.72. The topological polar surface area (TPSA) is 60.0 Å². The van der Waals surface area contributed by atoms with Crippen LogP contribution in [0, 0.1) is 0 Å². The van der Waals surface area contributed by atoms with E-state index < -0.39 is 0 Å². The lowest BCUT2D eigenvalue weighted by Crippen LogP contribution is -2.51. The van der Waals surface area contributed by atoms with E-state index in [1.54, 1.807) is 7.11 Å². The van der Waals surface area contributed by atoms with Gasteiger partial charge in [0.05, 0.1) is 7.11 Å². The summed E-state index contributed by atoms with van der Waals surface area (Å²) in [5, 5.41) is 1.01. The van der Waals surface area contributed by atoms with Gasteiger partial charge < -0.3 is 19.1 Å². The molecular weight excluding hydrogens is 412 g/mol. The molecule has 1 fully saturated rings. The van der Waals surface area contributed by atoms with E-state index in [-0.39, 0.29) is 0 Å². The number of piperazine rings is 1. The molecule has 0 spiro atoms. The molecule has 5 rings (SSSR count). The van der Waals surface area contributed by atoms with E-state index in [0.29, 0.717) is 19.3 Å². The van der Waals surface area contributed by atoms with Crippen molar-refractivity contribution in [3.05, 3.63) is 59.4 Å². The molecule has 3 aromatic rings. The van der Waals surface area contributed by atoms with Crippen LogP contribution in [-0.4, -0.2) is 53.8 Å². The number of hydrogen-bond donors (Lipinski definition) is 0. The Morgan fingerprint density at radius 3 is 2.87 bits per heavy atom. The number of anilines is 1. The van der Waals surface area contributed by atoms with Crippen molar-refractivity contribution in [2.75, 3.05) is 38.4 Å². The summed E-state index contributed by atoms with van der Waals surface area (Å²) in [6.07, 6.45) is 0.716. The third kappa shape index (κ3) is 4.45. The molecule has 2 aliphatic rings. The van der Waals surface area contributed by atoms with Crippen LogP contribution < -0.4 is 19.1 Å². The summed E-state index contributed by atoms with van der Waals surface area (Å²) in [7, 11) is 1.69. The van der Waals surface area contributed by atoms with Gasteiger partial charge >= 0.3 is 0 Å². The monoisotopic (exact) mass is 438 g/mol. The Morgan fingerprint density at radius 2 is 2.00 bits per heavy atom. The molecule has 162 valence electrons. The van der Waals surface area contributed by atoms with Gasteiger partial charge in [-0.25, -0.2) is 4.98 Å². The summed E-state index contributed by atoms with van der Waals surface area (Å²) < 4.78 is 20.8. The first-order valence-electron chi connectivity index (χ1n) is 10.5. The third-order valence-electron chi connectivity index (χ3n) is 5.81. The maximum Gasteiger partial charge on any atom is 0.231 e. The zero-order valence-electron chi connectivity index (χ0n) is 17.8. The quantitative estimate of drug-likeness (QED) is 0.583. The Hall–Kier alpha value is -2.84. The molecule has 0 saturated carbocycles. The molecule has 0 radical (unpaired) electrons. The molecule has 31 heavy (non-hydrogen) atoms. The van der Waals surface area contributed by atoms with E-state index in [4.69, 9.17) is 19.2 Å². The number of rotatable bonds is 6. The summed E-state index contributed by atoms with van der Waals surface area (Å²) in [5.41, 5.74) is 2.41. The van der Waals surface area contributed by atoms with Gasteiger partial charge in [0.25, 0.3) is 0 Å². The Bertz CT molecular complexity index is 1060. The van der Waals surface area contributed by atoms with Crippen molar-refractivity contribution >= 4 is 16.7 Å². The van der Waals surface area contributed by atoms with Gasteiger partial charge in [-0.15, -0.1) is 0 Å².